The molecule has 0 heterocycles. The number of ether oxygens (including phenoxy) is 2. The second kappa shape index (κ2) is 8.48. The topological polar surface area (TPSA) is 47.6 Å². The van der Waals surface area contributed by atoms with Crippen LogP contribution in [0.5, 0.6) is 11.5 Å². The van der Waals surface area contributed by atoms with Crippen LogP contribution < -0.4 is 14.8 Å². The molecule has 0 fully saturated rings. The fourth-order valence-electron chi connectivity index (χ4n) is 2.09. The highest BCUT2D eigenvalue weighted by atomic mass is 32.2. The second-order valence-corrected chi connectivity index (χ2v) is 6.08. The first-order valence-electron chi connectivity index (χ1n) is 7.27. The number of carbonyl (C=O) groups excluding carboxylic acids is 1. The molecule has 0 saturated heterocycles. The molecule has 122 valence electrons. The van der Waals surface area contributed by atoms with Gasteiger partial charge in [0.05, 0.1) is 25.7 Å². The van der Waals surface area contributed by atoms with Crippen LogP contribution in [0.15, 0.2) is 42.5 Å². The molecule has 2 aromatic rings. The van der Waals surface area contributed by atoms with Gasteiger partial charge in [-0.15, -0.1) is 11.8 Å². The van der Waals surface area contributed by atoms with E-state index in [1.165, 1.54) is 0 Å². The van der Waals surface area contributed by atoms with Crippen molar-refractivity contribution in [3.05, 3.63) is 53.6 Å². The SMILES string of the molecule is COc1ccc(CSCC(=O)Nc2cc(C)ccc2OC)cc1. The molecule has 2 aromatic carbocycles. The molecule has 0 bridgehead atoms. The van der Waals surface area contributed by atoms with Crippen molar-refractivity contribution < 1.29 is 14.3 Å². The second-order valence-electron chi connectivity index (χ2n) is 5.09. The minimum atomic E-state index is -0.0348. The van der Waals surface area contributed by atoms with Gasteiger partial charge in [0.2, 0.25) is 5.91 Å². The lowest BCUT2D eigenvalue weighted by Crippen LogP contribution is -2.15. The number of amides is 1. The van der Waals surface area contributed by atoms with Crippen molar-refractivity contribution in [1.82, 2.24) is 0 Å². The highest BCUT2D eigenvalue weighted by Crippen LogP contribution is 2.25. The Hall–Kier alpha value is -2.14. The van der Waals surface area contributed by atoms with Crippen molar-refractivity contribution in [3.63, 3.8) is 0 Å². The van der Waals surface area contributed by atoms with Gasteiger partial charge in [0, 0.05) is 5.75 Å². The summed E-state index contributed by atoms with van der Waals surface area (Å²) in [6.45, 7) is 1.98. The van der Waals surface area contributed by atoms with Crippen LogP contribution in [0.25, 0.3) is 0 Å². The number of carbonyl (C=O) groups is 1. The van der Waals surface area contributed by atoms with Gasteiger partial charge >= 0.3 is 0 Å². The molecule has 5 heteroatoms. The van der Waals surface area contributed by atoms with Crippen molar-refractivity contribution in [1.29, 1.82) is 0 Å². The number of hydrogen-bond acceptors (Lipinski definition) is 4. The largest absolute Gasteiger partial charge is 0.497 e. The van der Waals surface area contributed by atoms with Crippen molar-refractivity contribution >= 4 is 23.4 Å². The van der Waals surface area contributed by atoms with E-state index in [1.54, 1.807) is 26.0 Å². The average molecular weight is 331 g/mol. The third kappa shape index (κ3) is 5.21. The number of benzene rings is 2. The van der Waals surface area contributed by atoms with Gasteiger partial charge in [-0.05, 0) is 42.3 Å². The van der Waals surface area contributed by atoms with Gasteiger partial charge < -0.3 is 14.8 Å². The van der Waals surface area contributed by atoms with Crippen molar-refractivity contribution in [3.8, 4) is 11.5 Å². The fourth-order valence-corrected chi connectivity index (χ4v) is 2.88. The Morgan fingerprint density at radius 3 is 2.48 bits per heavy atom. The molecule has 23 heavy (non-hydrogen) atoms. The van der Waals surface area contributed by atoms with Crippen molar-refractivity contribution in [2.45, 2.75) is 12.7 Å². The Kier molecular flexibility index (Phi) is 6.35. The molecule has 0 saturated carbocycles. The molecule has 0 unspecified atom stereocenters. The van der Waals surface area contributed by atoms with Gasteiger partial charge in [0.1, 0.15) is 11.5 Å². The Labute approximate surface area is 141 Å². The van der Waals surface area contributed by atoms with Crippen molar-refractivity contribution in [2.75, 3.05) is 25.3 Å². The van der Waals surface area contributed by atoms with Gasteiger partial charge in [-0.25, -0.2) is 0 Å². The van der Waals surface area contributed by atoms with E-state index < -0.39 is 0 Å². The normalized spacial score (nSPS) is 10.2. The summed E-state index contributed by atoms with van der Waals surface area (Å²) in [5.74, 6) is 2.64. The quantitative estimate of drug-likeness (QED) is 0.836. The lowest BCUT2D eigenvalue weighted by molar-refractivity contribution is -0.113. The predicted octanol–water partition coefficient (Wildman–Crippen LogP) is 3.88. The van der Waals surface area contributed by atoms with Gasteiger partial charge in [0.15, 0.2) is 0 Å². The first kappa shape index (κ1) is 17.2. The minimum Gasteiger partial charge on any atom is -0.497 e. The average Bonchev–Trinajstić information content (AvgIpc) is 2.56. The predicted molar refractivity (Wildman–Crippen MR) is 95.5 cm³/mol. The van der Waals surface area contributed by atoms with Crippen LogP contribution >= 0.6 is 11.8 Å². The maximum atomic E-state index is 12.1. The van der Waals surface area contributed by atoms with Gasteiger partial charge in [0.25, 0.3) is 0 Å². The lowest BCUT2D eigenvalue weighted by atomic mass is 10.2. The van der Waals surface area contributed by atoms with Crippen LogP contribution in [0.4, 0.5) is 5.69 Å². The van der Waals surface area contributed by atoms with E-state index in [-0.39, 0.29) is 5.91 Å². The number of anilines is 1. The lowest BCUT2D eigenvalue weighted by Gasteiger charge is -2.11. The molecular weight excluding hydrogens is 310 g/mol. The Balaban J connectivity index is 1.84. The van der Waals surface area contributed by atoms with Gasteiger partial charge in [-0.3, -0.25) is 4.79 Å². The summed E-state index contributed by atoms with van der Waals surface area (Å²) in [5.41, 5.74) is 2.95. The summed E-state index contributed by atoms with van der Waals surface area (Å²) < 4.78 is 10.4. The first-order valence-corrected chi connectivity index (χ1v) is 8.43. The zero-order valence-electron chi connectivity index (χ0n) is 13.6. The molecule has 2 rings (SSSR count). The molecule has 0 aliphatic rings. The maximum absolute atomic E-state index is 12.1. The van der Waals surface area contributed by atoms with Crippen LogP contribution in [0, 0.1) is 6.92 Å². The monoisotopic (exact) mass is 331 g/mol. The molecule has 0 atom stereocenters. The highest BCUT2D eigenvalue weighted by Gasteiger charge is 2.08. The van der Waals surface area contributed by atoms with E-state index >= 15 is 0 Å². The number of rotatable bonds is 7. The summed E-state index contributed by atoms with van der Waals surface area (Å²) in [4.78, 5) is 12.1. The van der Waals surface area contributed by atoms with Crippen molar-refractivity contribution in [2.24, 2.45) is 0 Å². The molecule has 1 N–H and O–H groups in total. The first-order chi connectivity index (χ1) is 11.1. The molecule has 4 nitrogen and oxygen atoms in total. The minimum absolute atomic E-state index is 0.0348. The molecule has 0 aliphatic heterocycles. The van der Waals surface area contributed by atoms with E-state index in [9.17, 15) is 4.79 Å². The van der Waals surface area contributed by atoms with Crippen LogP contribution in [0.1, 0.15) is 11.1 Å². The number of hydrogen-bond donors (Lipinski definition) is 1. The van der Waals surface area contributed by atoms with Crippen LogP contribution in [-0.2, 0) is 10.5 Å². The summed E-state index contributed by atoms with van der Waals surface area (Å²) in [7, 11) is 3.24. The third-order valence-corrected chi connectivity index (χ3v) is 4.29. The molecule has 1 amide bonds. The molecule has 0 aromatic heterocycles. The number of aryl methyl sites for hydroxylation is 1. The Morgan fingerprint density at radius 2 is 1.83 bits per heavy atom. The number of methoxy groups -OCH3 is 2. The number of nitrogens with one attached hydrogen (secondary N) is 1. The molecule has 0 aliphatic carbocycles. The Morgan fingerprint density at radius 1 is 1.09 bits per heavy atom. The summed E-state index contributed by atoms with van der Waals surface area (Å²) in [6.07, 6.45) is 0. The van der Waals surface area contributed by atoms with Gasteiger partial charge in [-0.1, -0.05) is 18.2 Å². The molecular formula is C18H21NO3S. The van der Waals surface area contributed by atoms with E-state index in [0.717, 1.165) is 22.6 Å². The van der Waals surface area contributed by atoms with E-state index in [0.29, 0.717) is 17.2 Å². The standard InChI is InChI=1S/C18H21NO3S/c1-13-4-9-17(22-3)16(10-13)19-18(20)12-23-11-14-5-7-15(21-2)8-6-14/h4-10H,11-12H2,1-3H3,(H,19,20). The van der Waals surface area contributed by atoms with Crippen LogP contribution in [0.3, 0.4) is 0 Å². The van der Waals surface area contributed by atoms with E-state index in [2.05, 4.69) is 5.32 Å². The fraction of sp³-hybridized carbons (Fsp3) is 0.278. The number of thioether (sulfide) groups is 1. The zero-order chi connectivity index (χ0) is 16.7. The summed E-state index contributed by atoms with van der Waals surface area (Å²) >= 11 is 1.57. The summed E-state index contributed by atoms with van der Waals surface area (Å²) in [5, 5.41) is 2.90. The van der Waals surface area contributed by atoms with Crippen LogP contribution in [-0.4, -0.2) is 25.9 Å². The van der Waals surface area contributed by atoms with E-state index in [1.807, 2.05) is 49.4 Å². The zero-order valence-corrected chi connectivity index (χ0v) is 14.4. The smallest absolute Gasteiger partial charge is 0.234 e. The Bertz CT molecular complexity index is 656. The van der Waals surface area contributed by atoms with E-state index in [4.69, 9.17) is 9.47 Å². The summed E-state index contributed by atoms with van der Waals surface area (Å²) in [6, 6.07) is 13.6. The third-order valence-electron chi connectivity index (χ3n) is 3.29. The molecule has 0 spiro atoms. The van der Waals surface area contributed by atoms with Crippen LogP contribution in [0.2, 0.25) is 0 Å². The molecule has 0 radical (unpaired) electrons. The van der Waals surface area contributed by atoms with Gasteiger partial charge in [-0.2, -0.15) is 0 Å². The maximum Gasteiger partial charge on any atom is 0.234 e. The highest BCUT2D eigenvalue weighted by molar-refractivity contribution is 7.99.